The maximum absolute atomic E-state index is 11.0. The van der Waals surface area contributed by atoms with E-state index in [4.69, 9.17) is 11.5 Å². The van der Waals surface area contributed by atoms with Gasteiger partial charge in [0.05, 0.1) is 11.8 Å². The largest absolute Gasteiger partial charge is 0.366 e. The molecule has 0 saturated heterocycles. The fourth-order valence-corrected chi connectivity index (χ4v) is 1.62. The minimum Gasteiger partial charge on any atom is -0.366 e. The Kier molecular flexibility index (Phi) is 3.38. The summed E-state index contributed by atoms with van der Waals surface area (Å²) in [7, 11) is 0. The summed E-state index contributed by atoms with van der Waals surface area (Å²) in [6, 6.07) is 3.87. The molecule has 6 heteroatoms. The van der Waals surface area contributed by atoms with Gasteiger partial charge in [0.15, 0.2) is 5.82 Å². The predicted molar refractivity (Wildman–Crippen MR) is 67.2 cm³/mol. The zero-order valence-electron chi connectivity index (χ0n) is 10.1. The Morgan fingerprint density at radius 2 is 2.22 bits per heavy atom. The summed E-state index contributed by atoms with van der Waals surface area (Å²) >= 11 is 0. The summed E-state index contributed by atoms with van der Waals surface area (Å²) in [5.74, 6) is 0.130. The molecule has 2 rings (SSSR count). The van der Waals surface area contributed by atoms with Gasteiger partial charge in [-0.1, -0.05) is 6.07 Å². The number of aromatic nitrogens is 3. The van der Waals surface area contributed by atoms with E-state index in [1.165, 1.54) is 10.9 Å². The van der Waals surface area contributed by atoms with Gasteiger partial charge in [-0.15, -0.1) is 0 Å². The second-order valence-electron chi connectivity index (χ2n) is 4.24. The van der Waals surface area contributed by atoms with Crippen LogP contribution in [0.1, 0.15) is 22.8 Å². The van der Waals surface area contributed by atoms with Crippen molar-refractivity contribution in [1.29, 1.82) is 0 Å². The smallest absolute Gasteiger partial charge is 0.251 e. The van der Waals surface area contributed by atoms with E-state index in [9.17, 15) is 4.79 Å². The molecule has 0 fully saturated rings. The van der Waals surface area contributed by atoms with Crippen molar-refractivity contribution >= 4 is 5.91 Å². The van der Waals surface area contributed by atoms with Crippen LogP contribution in [-0.4, -0.2) is 26.7 Å². The van der Waals surface area contributed by atoms with Crippen LogP contribution in [0.4, 0.5) is 0 Å². The Labute approximate surface area is 105 Å². The number of pyridine rings is 1. The van der Waals surface area contributed by atoms with Crippen LogP contribution >= 0.6 is 0 Å². The molecule has 94 valence electrons. The zero-order valence-corrected chi connectivity index (χ0v) is 10.1. The van der Waals surface area contributed by atoms with Crippen LogP contribution in [0, 0.1) is 0 Å². The van der Waals surface area contributed by atoms with Gasteiger partial charge in [-0.3, -0.25) is 4.79 Å². The molecule has 0 aromatic carbocycles. The molecule has 4 N–H and O–H groups in total. The Balaban J connectivity index is 2.20. The molecule has 1 amide bonds. The third kappa shape index (κ3) is 2.72. The SMILES string of the molecule is CC(N)Cc1ccc(-n2cc(C(N)=O)cn2)nc1. The number of rotatable bonds is 4. The highest BCUT2D eigenvalue weighted by Gasteiger charge is 2.06. The molecule has 0 bridgehead atoms. The lowest BCUT2D eigenvalue weighted by Crippen LogP contribution is -2.17. The molecule has 2 heterocycles. The first kappa shape index (κ1) is 12.3. The molecule has 0 radical (unpaired) electrons. The van der Waals surface area contributed by atoms with E-state index in [2.05, 4.69) is 10.1 Å². The summed E-state index contributed by atoms with van der Waals surface area (Å²) in [5.41, 5.74) is 12.3. The van der Waals surface area contributed by atoms with Crippen LogP contribution in [0.3, 0.4) is 0 Å². The molecule has 0 aliphatic carbocycles. The number of carbonyl (C=O) groups is 1. The van der Waals surface area contributed by atoms with Gasteiger partial charge >= 0.3 is 0 Å². The predicted octanol–water partition coefficient (Wildman–Crippen LogP) is 0.256. The second-order valence-corrected chi connectivity index (χ2v) is 4.24. The van der Waals surface area contributed by atoms with Gasteiger partial charge in [0.1, 0.15) is 0 Å². The Bertz CT molecular complexity index is 544. The Morgan fingerprint density at radius 1 is 1.44 bits per heavy atom. The zero-order chi connectivity index (χ0) is 13.1. The van der Waals surface area contributed by atoms with E-state index in [-0.39, 0.29) is 6.04 Å². The molecule has 0 spiro atoms. The lowest BCUT2D eigenvalue weighted by Gasteiger charge is -2.05. The average molecular weight is 245 g/mol. The first-order valence-corrected chi connectivity index (χ1v) is 5.61. The molecule has 2 aromatic heterocycles. The van der Waals surface area contributed by atoms with Crippen LogP contribution in [0.2, 0.25) is 0 Å². The average Bonchev–Trinajstić information content (AvgIpc) is 2.78. The van der Waals surface area contributed by atoms with Crippen molar-refractivity contribution in [3.05, 3.63) is 41.9 Å². The van der Waals surface area contributed by atoms with E-state index in [1.54, 1.807) is 12.4 Å². The molecule has 0 aliphatic heterocycles. The van der Waals surface area contributed by atoms with Gasteiger partial charge in [0.2, 0.25) is 0 Å². The van der Waals surface area contributed by atoms with Crippen LogP contribution in [0.25, 0.3) is 5.82 Å². The van der Waals surface area contributed by atoms with E-state index in [0.29, 0.717) is 11.4 Å². The molecular weight excluding hydrogens is 230 g/mol. The first-order chi connectivity index (χ1) is 8.56. The molecule has 0 saturated carbocycles. The van der Waals surface area contributed by atoms with E-state index < -0.39 is 5.91 Å². The van der Waals surface area contributed by atoms with Crippen molar-refractivity contribution in [3.63, 3.8) is 0 Å². The summed E-state index contributed by atoms with van der Waals surface area (Å²) in [4.78, 5) is 15.2. The van der Waals surface area contributed by atoms with Gasteiger partial charge in [-0.25, -0.2) is 9.67 Å². The highest BCUT2D eigenvalue weighted by molar-refractivity contribution is 5.92. The lowest BCUT2D eigenvalue weighted by atomic mass is 10.1. The third-order valence-electron chi connectivity index (χ3n) is 2.47. The molecular formula is C12H15N5O. The molecule has 1 unspecified atom stereocenters. The lowest BCUT2D eigenvalue weighted by molar-refractivity contribution is 0.100. The van der Waals surface area contributed by atoms with Crippen molar-refractivity contribution < 1.29 is 4.79 Å². The Hall–Kier alpha value is -2.21. The minimum atomic E-state index is -0.505. The number of nitrogens with zero attached hydrogens (tertiary/aromatic N) is 3. The number of carbonyl (C=O) groups excluding carboxylic acids is 1. The molecule has 2 aromatic rings. The Morgan fingerprint density at radius 3 is 2.72 bits per heavy atom. The van der Waals surface area contributed by atoms with Gasteiger partial charge < -0.3 is 11.5 Å². The summed E-state index contributed by atoms with van der Waals surface area (Å²) < 4.78 is 1.51. The normalized spacial score (nSPS) is 12.3. The minimum absolute atomic E-state index is 0.101. The van der Waals surface area contributed by atoms with E-state index in [0.717, 1.165) is 12.0 Å². The van der Waals surface area contributed by atoms with Gasteiger partial charge in [0.25, 0.3) is 5.91 Å². The van der Waals surface area contributed by atoms with E-state index in [1.807, 2.05) is 19.1 Å². The number of nitrogens with two attached hydrogens (primary N) is 2. The summed E-state index contributed by atoms with van der Waals surface area (Å²) in [5, 5.41) is 4.03. The second kappa shape index (κ2) is 4.97. The van der Waals surface area contributed by atoms with Gasteiger partial charge in [-0.05, 0) is 25.0 Å². The molecule has 18 heavy (non-hydrogen) atoms. The molecule has 6 nitrogen and oxygen atoms in total. The monoisotopic (exact) mass is 245 g/mol. The van der Waals surface area contributed by atoms with Crippen molar-refractivity contribution in [2.24, 2.45) is 11.5 Å². The number of primary amides is 1. The summed E-state index contributed by atoms with van der Waals surface area (Å²) in [6.45, 7) is 1.94. The maximum Gasteiger partial charge on any atom is 0.251 e. The van der Waals surface area contributed by atoms with Crippen molar-refractivity contribution in [3.8, 4) is 5.82 Å². The maximum atomic E-state index is 11.0. The standard InChI is InChI=1S/C12H15N5O/c1-8(13)4-9-2-3-11(15-5-9)17-7-10(6-16-17)12(14)18/h2-3,5-8H,4,13H2,1H3,(H2,14,18). The number of hydrogen-bond donors (Lipinski definition) is 2. The fraction of sp³-hybridized carbons (Fsp3) is 0.250. The first-order valence-electron chi connectivity index (χ1n) is 5.61. The third-order valence-corrected chi connectivity index (χ3v) is 2.47. The molecule has 1 atom stereocenters. The quantitative estimate of drug-likeness (QED) is 0.806. The van der Waals surface area contributed by atoms with Gasteiger partial charge in [0, 0.05) is 18.4 Å². The topological polar surface area (TPSA) is 99.8 Å². The van der Waals surface area contributed by atoms with E-state index >= 15 is 0 Å². The number of amides is 1. The highest BCUT2D eigenvalue weighted by atomic mass is 16.1. The molecule has 0 aliphatic rings. The number of hydrogen-bond acceptors (Lipinski definition) is 4. The fourth-order valence-electron chi connectivity index (χ4n) is 1.62. The highest BCUT2D eigenvalue weighted by Crippen LogP contribution is 2.08. The van der Waals surface area contributed by atoms with Crippen molar-refractivity contribution in [2.45, 2.75) is 19.4 Å². The summed E-state index contributed by atoms with van der Waals surface area (Å²) in [6.07, 6.45) is 5.50. The van der Waals surface area contributed by atoms with Crippen LogP contribution in [0.5, 0.6) is 0 Å². The van der Waals surface area contributed by atoms with Crippen LogP contribution in [0.15, 0.2) is 30.7 Å². The van der Waals surface area contributed by atoms with Crippen LogP contribution < -0.4 is 11.5 Å². The van der Waals surface area contributed by atoms with Crippen molar-refractivity contribution in [2.75, 3.05) is 0 Å². The van der Waals surface area contributed by atoms with Crippen LogP contribution in [-0.2, 0) is 6.42 Å². The van der Waals surface area contributed by atoms with Gasteiger partial charge in [-0.2, -0.15) is 5.10 Å². The van der Waals surface area contributed by atoms with Crippen molar-refractivity contribution in [1.82, 2.24) is 14.8 Å².